The summed E-state index contributed by atoms with van der Waals surface area (Å²) in [5.74, 6) is -14.2. The number of aryl methyl sites for hydroxylation is 2. The summed E-state index contributed by atoms with van der Waals surface area (Å²) < 4.78 is 198. The number of benzene rings is 8. The summed E-state index contributed by atoms with van der Waals surface area (Å²) >= 11 is 0. The second kappa shape index (κ2) is 21.2. The molecule has 8 rings (SSSR count). The highest BCUT2D eigenvalue weighted by Gasteiger charge is 2.37. The number of allylic oxidation sites excluding steroid dienone is 1. The van der Waals surface area contributed by atoms with Crippen LogP contribution >= 0.6 is 0 Å². The van der Waals surface area contributed by atoms with Gasteiger partial charge in [-0.05, 0) is 125 Å². The van der Waals surface area contributed by atoms with Crippen molar-refractivity contribution in [1.29, 1.82) is 0 Å². The highest BCUT2D eigenvalue weighted by molar-refractivity contribution is 5.71. The van der Waals surface area contributed by atoms with Crippen molar-refractivity contribution in [3.63, 3.8) is 0 Å². The minimum Gasteiger partial charge on any atom is -0.206 e. The van der Waals surface area contributed by atoms with E-state index in [4.69, 9.17) is 0 Å². The summed E-state index contributed by atoms with van der Waals surface area (Å²) in [5, 5.41) is 0. The predicted molar refractivity (Wildman–Crippen MR) is 263 cm³/mol. The lowest BCUT2D eigenvalue weighted by atomic mass is 9.80. The molecule has 380 valence electrons. The standard InChI is InChI=1S/C61H45F13/c1-33(2)50-34(3)54(63)58(67)56(65)51(50)46(40-19-15-38(16-20-40)36-11-7-5-8-12-36)29-27-42-23-25-44(31-48(42)60(69,70)71)45-26-24-43(49(32-45)61(72,73)74)28-30-47(52-53(62)35(4)55(64)59(68)57(52)66)41-21-17-39(18-22-41)37-13-9-6-10-14-37/h5-26,31-32,46-47H,1,27-30H2,2-4H3. The van der Waals surface area contributed by atoms with E-state index in [2.05, 4.69) is 6.58 Å². The molecule has 2 atom stereocenters. The molecular weight excluding hydrogens is 980 g/mol. The Balaban J connectivity index is 1.14. The van der Waals surface area contributed by atoms with Gasteiger partial charge in [0.25, 0.3) is 0 Å². The third kappa shape index (κ3) is 10.7. The highest BCUT2D eigenvalue weighted by Crippen LogP contribution is 2.44. The van der Waals surface area contributed by atoms with E-state index in [9.17, 15) is 8.78 Å². The molecule has 0 amide bonds. The Hall–Kier alpha value is -7.41. The molecule has 0 aliphatic carbocycles. The van der Waals surface area contributed by atoms with Crippen LogP contribution in [0.3, 0.4) is 0 Å². The van der Waals surface area contributed by atoms with Gasteiger partial charge in [0.15, 0.2) is 34.9 Å². The number of rotatable bonds is 14. The summed E-state index contributed by atoms with van der Waals surface area (Å²) in [6.07, 6.45) is -11.8. The highest BCUT2D eigenvalue weighted by atomic mass is 19.4. The first-order valence-corrected chi connectivity index (χ1v) is 23.4. The normalized spacial score (nSPS) is 12.8. The molecule has 0 aliphatic rings. The van der Waals surface area contributed by atoms with Crippen molar-refractivity contribution < 1.29 is 57.1 Å². The molecule has 0 N–H and O–H groups in total. The van der Waals surface area contributed by atoms with Crippen LogP contribution in [0.2, 0.25) is 0 Å². The quantitative estimate of drug-likeness (QED) is 0.0578. The van der Waals surface area contributed by atoms with E-state index in [1.54, 1.807) is 66.7 Å². The Labute approximate surface area is 419 Å². The summed E-state index contributed by atoms with van der Waals surface area (Å²) in [4.78, 5) is 0. The van der Waals surface area contributed by atoms with Crippen LogP contribution in [0.15, 0.2) is 152 Å². The van der Waals surface area contributed by atoms with E-state index in [1.165, 1.54) is 38.1 Å². The molecule has 0 aliphatic heterocycles. The van der Waals surface area contributed by atoms with E-state index in [0.717, 1.165) is 35.7 Å². The second-order valence-electron chi connectivity index (χ2n) is 18.3. The monoisotopic (exact) mass is 1020 g/mol. The fraction of sp³-hybridized carbons (Fsp3) is 0.180. The van der Waals surface area contributed by atoms with Crippen LogP contribution in [-0.2, 0) is 25.2 Å². The van der Waals surface area contributed by atoms with Gasteiger partial charge >= 0.3 is 12.4 Å². The first kappa shape index (κ1) is 52.9. The summed E-state index contributed by atoms with van der Waals surface area (Å²) in [6.45, 7) is 7.49. The zero-order chi connectivity index (χ0) is 53.4. The molecule has 0 heterocycles. The molecule has 2 unspecified atom stereocenters. The number of halogens is 13. The lowest BCUT2D eigenvalue weighted by molar-refractivity contribution is -0.139. The molecule has 13 heteroatoms. The van der Waals surface area contributed by atoms with Crippen LogP contribution in [0.25, 0.3) is 39.0 Å². The lowest BCUT2D eigenvalue weighted by Gasteiger charge is -2.25. The van der Waals surface area contributed by atoms with E-state index in [-0.39, 0.29) is 50.9 Å². The Morgan fingerprint density at radius 2 is 0.757 bits per heavy atom. The van der Waals surface area contributed by atoms with Gasteiger partial charge in [-0.3, -0.25) is 0 Å². The zero-order valence-electron chi connectivity index (χ0n) is 40.0. The molecule has 0 aromatic heterocycles. The summed E-state index contributed by atoms with van der Waals surface area (Å²) in [5.41, 5.74) is -2.16. The fourth-order valence-corrected chi connectivity index (χ4v) is 9.87. The lowest BCUT2D eigenvalue weighted by Crippen LogP contribution is -2.15. The topological polar surface area (TPSA) is 0 Å². The number of alkyl halides is 6. The molecule has 0 radical (unpaired) electrons. The van der Waals surface area contributed by atoms with Gasteiger partial charge in [0.05, 0.1) is 11.1 Å². The van der Waals surface area contributed by atoms with Crippen molar-refractivity contribution in [2.45, 2.75) is 70.6 Å². The third-order valence-electron chi connectivity index (χ3n) is 13.6. The molecule has 0 saturated carbocycles. The third-order valence-corrected chi connectivity index (χ3v) is 13.6. The zero-order valence-corrected chi connectivity index (χ0v) is 40.0. The average molecular weight is 1030 g/mol. The van der Waals surface area contributed by atoms with Gasteiger partial charge in [-0.1, -0.05) is 146 Å². The van der Waals surface area contributed by atoms with Crippen molar-refractivity contribution in [3.8, 4) is 33.4 Å². The van der Waals surface area contributed by atoms with Gasteiger partial charge < -0.3 is 0 Å². The van der Waals surface area contributed by atoms with Crippen LogP contribution in [-0.4, -0.2) is 0 Å². The van der Waals surface area contributed by atoms with Gasteiger partial charge in [0, 0.05) is 28.5 Å². The van der Waals surface area contributed by atoms with Crippen molar-refractivity contribution >= 4 is 5.57 Å². The van der Waals surface area contributed by atoms with E-state index >= 15 is 48.3 Å². The van der Waals surface area contributed by atoms with E-state index < -0.39 is 112 Å². The van der Waals surface area contributed by atoms with Crippen molar-refractivity contribution in [2.24, 2.45) is 0 Å². The SMILES string of the molecule is C=C(C)c1c(C)c(F)c(F)c(F)c1C(CCc1ccc(-c2ccc(CCC(c3ccc(-c4ccccc4)cc3)c3c(F)c(C)c(F)c(F)c3F)c(C(F)(F)F)c2)cc1C(F)(F)F)c1ccc(-c2ccccc2)cc1. The van der Waals surface area contributed by atoms with Gasteiger partial charge in [0.1, 0.15) is 5.82 Å². The average Bonchev–Trinajstić information content (AvgIpc) is 3.39. The Kier molecular flexibility index (Phi) is 15.2. The molecule has 0 bridgehead atoms. The molecule has 0 spiro atoms. The van der Waals surface area contributed by atoms with Gasteiger partial charge in [-0.2, -0.15) is 26.3 Å². The Morgan fingerprint density at radius 3 is 1.15 bits per heavy atom. The fourth-order valence-electron chi connectivity index (χ4n) is 9.87. The summed E-state index contributed by atoms with van der Waals surface area (Å²) in [6, 6.07) is 36.9. The first-order valence-electron chi connectivity index (χ1n) is 23.4. The van der Waals surface area contributed by atoms with Crippen LogP contribution < -0.4 is 0 Å². The maximum atomic E-state index is 16.1. The van der Waals surface area contributed by atoms with Crippen molar-refractivity contribution in [3.05, 3.63) is 254 Å². The maximum Gasteiger partial charge on any atom is 0.416 e. The van der Waals surface area contributed by atoms with Crippen molar-refractivity contribution in [2.75, 3.05) is 0 Å². The Bertz CT molecular complexity index is 3330. The second-order valence-corrected chi connectivity index (χ2v) is 18.3. The minimum atomic E-state index is -5.09. The van der Waals surface area contributed by atoms with Crippen LogP contribution in [0, 0.1) is 54.6 Å². The molecule has 0 nitrogen and oxygen atoms in total. The van der Waals surface area contributed by atoms with Crippen LogP contribution in [0.5, 0.6) is 0 Å². The maximum absolute atomic E-state index is 16.1. The number of hydrogen-bond acceptors (Lipinski definition) is 0. The van der Waals surface area contributed by atoms with Gasteiger partial charge in [-0.25, -0.2) is 30.7 Å². The van der Waals surface area contributed by atoms with Crippen LogP contribution in [0.1, 0.15) is 92.8 Å². The molecule has 74 heavy (non-hydrogen) atoms. The first-order chi connectivity index (χ1) is 35.1. The van der Waals surface area contributed by atoms with Gasteiger partial charge in [0.2, 0.25) is 0 Å². The van der Waals surface area contributed by atoms with Gasteiger partial charge in [-0.15, -0.1) is 0 Å². The van der Waals surface area contributed by atoms with Crippen LogP contribution in [0.4, 0.5) is 57.1 Å². The van der Waals surface area contributed by atoms with E-state index in [1.807, 2.05) is 30.3 Å². The predicted octanol–water partition coefficient (Wildman–Crippen LogP) is 18.9. The smallest absolute Gasteiger partial charge is 0.206 e. The van der Waals surface area contributed by atoms with E-state index in [0.29, 0.717) is 23.3 Å². The van der Waals surface area contributed by atoms with Crippen molar-refractivity contribution in [1.82, 2.24) is 0 Å². The molecule has 8 aromatic carbocycles. The molecule has 0 saturated heterocycles. The minimum absolute atomic E-state index is 0.0272. The Morgan fingerprint density at radius 1 is 0.405 bits per heavy atom. The summed E-state index contributed by atoms with van der Waals surface area (Å²) in [7, 11) is 0. The molecular formula is C61H45F13. The molecule has 0 fully saturated rings. The number of hydrogen-bond donors (Lipinski definition) is 0. The molecule has 8 aromatic rings. The largest absolute Gasteiger partial charge is 0.416 e.